The van der Waals surface area contributed by atoms with Crippen molar-refractivity contribution in [2.75, 3.05) is 20.1 Å². The van der Waals surface area contributed by atoms with Gasteiger partial charge in [0.25, 0.3) is 0 Å². The number of aromatic nitrogens is 1. The Kier molecular flexibility index (Phi) is 8.68. The molecule has 2 aromatic rings. The van der Waals surface area contributed by atoms with E-state index in [0.29, 0.717) is 0 Å². The summed E-state index contributed by atoms with van der Waals surface area (Å²) >= 11 is 0. The van der Waals surface area contributed by atoms with Crippen LogP contribution in [0.3, 0.4) is 0 Å². The predicted octanol–water partition coefficient (Wildman–Crippen LogP) is 2.86. The van der Waals surface area contributed by atoms with E-state index in [2.05, 4.69) is 45.0 Å². The van der Waals surface area contributed by atoms with E-state index in [1.54, 1.807) is 7.05 Å². The first-order valence-corrected chi connectivity index (χ1v) is 7.61. The number of benzene rings is 1. The maximum atomic E-state index is 5.17. The summed E-state index contributed by atoms with van der Waals surface area (Å²) in [6, 6.07) is 10.4. The van der Waals surface area contributed by atoms with Crippen molar-refractivity contribution >= 4 is 29.9 Å². The SMILES string of the molecule is CN=C(NCCc1ccccc1)NCCc1c(C)noc1C.I. The number of nitrogens with zero attached hydrogens (tertiary/aromatic N) is 2. The van der Waals surface area contributed by atoms with Crippen LogP contribution in [0.15, 0.2) is 39.8 Å². The summed E-state index contributed by atoms with van der Waals surface area (Å²) < 4.78 is 5.17. The molecule has 0 unspecified atom stereocenters. The van der Waals surface area contributed by atoms with Crippen LogP contribution in [-0.2, 0) is 12.8 Å². The number of aliphatic imine (C=N–C) groups is 1. The maximum absolute atomic E-state index is 5.17. The second-order valence-corrected chi connectivity index (χ2v) is 5.21. The molecule has 1 aromatic heterocycles. The summed E-state index contributed by atoms with van der Waals surface area (Å²) in [4.78, 5) is 4.24. The van der Waals surface area contributed by atoms with Crippen molar-refractivity contribution in [3.8, 4) is 0 Å². The largest absolute Gasteiger partial charge is 0.361 e. The van der Waals surface area contributed by atoms with E-state index in [1.807, 2.05) is 19.9 Å². The molecule has 0 atom stereocenters. The number of rotatable bonds is 6. The van der Waals surface area contributed by atoms with Crippen molar-refractivity contribution in [1.29, 1.82) is 0 Å². The van der Waals surface area contributed by atoms with Gasteiger partial charge >= 0.3 is 0 Å². The van der Waals surface area contributed by atoms with Gasteiger partial charge in [0.05, 0.1) is 5.69 Å². The zero-order chi connectivity index (χ0) is 15.8. The minimum absolute atomic E-state index is 0. The Labute approximate surface area is 155 Å². The molecule has 0 aliphatic rings. The molecule has 23 heavy (non-hydrogen) atoms. The zero-order valence-corrected chi connectivity index (χ0v) is 16.3. The van der Waals surface area contributed by atoms with Crippen LogP contribution in [0.25, 0.3) is 0 Å². The molecule has 0 radical (unpaired) electrons. The van der Waals surface area contributed by atoms with E-state index < -0.39 is 0 Å². The third kappa shape index (κ3) is 6.21. The van der Waals surface area contributed by atoms with Gasteiger partial charge in [-0.15, -0.1) is 24.0 Å². The van der Waals surface area contributed by atoms with Gasteiger partial charge in [-0.1, -0.05) is 35.5 Å². The van der Waals surface area contributed by atoms with Crippen LogP contribution in [0.1, 0.15) is 22.6 Å². The lowest BCUT2D eigenvalue weighted by molar-refractivity contribution is 0.392. The zero-order valence-electron chi connectivity index (χ0n) is 13.9. The molecule has 0 aliphatic heterocycles. The summed E-state index contributed by atoms with van der Waals surface area (Å²) in [7, 11) is 1.79. The van der Waals surface area contributed by atoms with E-state index in [1.165, 1.54) is 11.1 Å². The number of nitrogens with one attached hydrogen (secondary N) is 2. The van der Waals surface area contributed by atoms with Gasteiger partial charge in [0.1, 0.15) is 5.76 Å². The van der Waals surface area contributed by atoms with Crippen molar-refractivity contribution in [3.05, 3.63) is 52.9 Å². The van der Waals surface area contributed by atoms with E-state index in [9.17, 15) is 0 Å². The van der Waals surface area contributed by atoms with Gasteiger partial charge in [-0.05, 0) is 32.3 Å². The highest BCUT2D eigenvalue weighted by Crippen LogP contribution is 2.11. The van der Waals surface area contributed by atoms with Crippen LogP contribution in [0.2, 0.25) is 0 Å². The van der Waals surface area contributed by atoms with Crippen LogP contribution in [-0.4, -0.2) is 31.3 Å². The highest BCUT2D eigenvalue weighted by Gasteiger charge is 2.08. The molecule has 0 fully saturated rings. The van der Waals surface area contributed by atoms with Gasteiger partial charge in [-0.2, -0.15) is 0 Å². The van der Waals surface area contributed by atoms with Crippen molar-refractivity contribution in [2.45, 2.75) is 26.7 Å². The van der Waals surface area contributed by atoms with Crippen LogP contribution in [0.4, 0.5) is 0 Å². The van der Waals surface area contributed by atoms with Crippen LogP contribution >= 0.6 is 24.0 Å². The fraction of sp³-hybridized carbons (Fsp3) is 0.412. The number of halogens is 1. The van der Waals surface area contributed by atoms with Gasteiger partial charge in [0.15, 0.2) is 5.96 Å². The lowest BCUT2D eigenvalue weighted by atomic mass is 10.1. The summed E-state index contributed by atoms with van der Waals surface area (Å²) in [5, 5.41) is 10.6. The molecule has 0 amide bonds. The standard InChI is InChI=1S/C17H24N4O.HI/c1-13-16(14(2)22-21-13)10-12-20-17(18-3)19-11-9-15-7-5-4-6-8-15;/h4-8H,9-12H2,1-3H3,(H2,18,19,20);1H. The molecule has 0 aliphatic carbocycles. The Hall–Kier alpha value is -1.57. The van der Waals surface area contributed by atoms with Crippen molar-refractivity contribution in [2.24, 2.45) is 4.99 Å². The highest BCUT2D eigenvalue weighted by molar-refractivity contribution is 14.0. The monoisotopic (exact) mass is 428 g/mol. The van der Waals surface area contributed by atoms with E-state index >= 15 is 0 Å². The molecule has 0 saturated carbocycles. The second-order valence-electron chi connectivity index (χ2n) is 5.21. The molecule has 126 valence electrons. The van der Waals surface area contributed by atoms with Crippen molar-refractivity contribution < 1.29 is 4.52 Å². The van der Waals surface area contributed by atoms with Gasteiger partial charge < -0.3 is 15.2 Å². The number of guanidine groups is 1. The molecule has 6 heteroatoms. The molecule has 2 rings (SSSR count). The smallest absolute Gasteiger partial charge is 0.190 e. The van der Waals surface area contributed by atoms with E-state index in [4.69, 9.17) is 4.52 Å². The van der Waals surface area contributed by atoms with Crippen LogP contribution in [0.5, 0.6) is 0 Å². The lowest BCUT2D eigenvalue weighted by Gasteiger charge is -2.11. The molecule has 5 nitrogen and oxygen atoms in total. The normalized spacial score (nSPS) is 11.0. The quantitative estimate of drug-likeness (QED) is 0.422. The molecule has 2 N–H and O–H groups in total. The Morgan fingerprint density at radius 3 is 2.30 bits per heavy atom. The van der Waals surface area contributed by atoms with Crippen molar-refractivity contribution in [1.82, 2.24) is 15.8 Å². The minimum atomic E-state index is 0. The first-order chi connectivity index (χ1) is 10.7. The summed E-state index contributed by atoms with van der Waals surface area (Å²) in [6.45, 7) is 5.57. The van der Waals surface area contributed by atoms with Crippen molar-refractivity contribution in [3.63, 3.8) is 0 Å². The molecule has 1 aromatic carbocycles. The fourth-order valence-electron chi connectivity index (χ4n) is 2.36. The molecular weight excluding hydrogens is 403 g/mol. The van der Waals surface area contributed by atoms with Gasteiger partial charge in [0.2, 0.25) is 0 Å². The average molecular weight is 428 g/mol. The average Bonchev–Trinajstić information content (AvgIpc) is 2.86. The number of hydrogen-bond donors (Lipinski definition) is 2. The first-order valence-electron chi connectivity index (χ1n) is 7.61. The third-order valence-corrected chi connectivity index (χ3v) is 3.62. The maximum Gasteiger partial charge on any atom is 0.190 e. The van der Waals surface area contributed by atoms with Gasteiger partial charge in [0, 0.05) is 25.7 Å². The summed E-state index contributed by atoms with van der Waals surface area (Å²) in [5.41, 5.74) is 3.46. The summed E-state index contributed by atoms with van der Waals surface area (Å²) in [5.74, 6) is 1.72. The predicted molar refractivity (Wildman–Crippen MR) is 105 cm³/mol. The second kappa shape index (κ2) is 10.3. The first kappa shape index (κ1) is 19.5. The molecular formula is C17H25IN4O. The van der Waals surface area contributed by atoms with Gasteiger partial charge in [-0.25, -0.2) is 0 Å². The van der Waals surface area contributed by atoms with Crippen LogP contribution in [0, 0.1) is 13.8 Å². The number of aryl methyl sites for hydroxylation is 2. The molecule has 0 spiro atoms. The minimum Gasteiger partial charge on any atom is -0.361 e. The van der Waals surface area contributed by atoms with E-state index in [-0.39, 0.29) is 24.0 Å². The fourth-order valence-corrected chi connectivity index (χ4v) is 2.36. The lowest BCUT2D eigenvalue weighted by Crippen LogP contribution is -2.39. The highest BCUT2D eigenvalue weighted by atomic mass is 127. The molecule has 0 bridgehead atoms. The topological polar surface area (TPSA) is 62.5 Å². The Morgan fingerprint density at radius 1 is 1.09 bits per heavy atom. The third-order valence-electron chi connectivity index (χ3n) is 3.62. The number of hydrogen-bond acceptors (Lipinski definition) is 3. The Bertz CT molecular complexity index is 591. The Balaban J connectivity index is 0.00000264. The van der Waals surface area contributed by atoms with Gasteiger partial charge in [-0.3, -0.25) is 4.99 Å². The van der Waals surface area contributed by atoms with E-state index in [0.717, 1.165) is 43.3 Å². The van der Waals surface area contributed by atoms with Crippen LogP contribution < -0.4 is 10.6 Å². The summed E-state index contributed by atoms with van der Waals surface area (Å²) in [6.07, 6.45) is 1.85. The Morgan fingerprint density at radius 2 is 1.74 bits per heavy atom. The molecule has 1 heterocycles. The molecule has 0 saturated heterocycles.